The van der Waals surface area contributed by atoms with Crippen molar-refractivity contribution < 1.29 is 4.39 Å². The van der Waals surface area contributed by atoms with Crippen LogP contribution in [-0.2, 0) is 6.42 Å². The third-order valence-corrected chi connectivity index (χ3v) is 3.75. The van der Waals surface area contributed by atoms with Gasteiger partial charge in [-0.25, -0.2) is 4.39 Å². The van der Waals surface area contributed by atoms with Crippen LogP contribution in [0.2, 0.25) is 0 Å². The summed E-state index contributed by atoms with van der Waals surface area (Å²) in [7, 11) is 0. The van der Waals surface area contributed by atoms with E-state index in [-0.39, 0.29) is 11.9 Å². The quantitative estimate of drug-likeness (QED) is 0.859. The summed E-state index contributed by atoms with van der Waals surface area (Å²) in [5.74, 6) is -0.200. The maximum absolute atomic E-state index is 14.1. The fourth-order valence-electron chi connectivity index (χ4n) is 2.51. The van der Waals surface area contributed by atoms with Crippen molar-refractivity contribution in [2.24, 2.45) is 5.73 Å². The van der Waals surface area contributed by atoms with Crippen molar-refractivity contribution in [3.05, 3.63) is 59.9 Å². The average Bonchev–Trinajstić information content (AvgIpc) is 2.51. The Morgan fingerprint density at radius 3 is 2.24 bits per heavy atom. The highest BCUT2D eigenvalue weighted by Gasteiger charge is 2.15. The normalized spacial score (nSPS) is 12.2. The van der Waals surface area contributed by atoms with Gasteiger partial charge < -0.3 is 10.6 Å². The Bertz CT molecular complexity index is 583. The molecule has 0 aliphatic rings. The SMILES string of the molecule is CCC(N)Cc1ccccc1N(CC)c1ccccc1F. The van der Waals surface area contributed by atoms with Gasteiger partial charge in [-0.1, -0.05) is 37.3 Å². The monoisotopic (exact) mass is 286 g/mol. The van der Waals surface area contributed by atoms with Crippen molar-refractivity contribution in [1.82, 2.24) is 0 Å². The fraction of sp³-hybridized carbons (Fsp3) is 0.333. The maximum atomic E-state index is 14.1. The highest BCUT2D eigenvalue weighted by atomic mass is 19.1. The van der Waals surface area contributed by atoms with E-state index in [9.17, 15) is 4.39 Å². The van der Waals surface area contributed by atoms with Gasteiger partial charge in [0.1, 0.15) is 5.82 Å². The van der Waals surface area contributed by atoms with Crippen LogP contribution < -0.4 is 10.6 Å². The highest BCUT2D eigenvalue weighted by molar-refractivity contribution is 5.67. The minimum Gasteiger partial charge on any atom is -0.339 e. The number of hydrogen-bond acceptors (Lipinski definition) is 2. The molecule has 0 spiro atoms. The van der Waals surface area contributed by atoms with Crippen LogP contribution in [0.5, 0.6) is 0 Å². The third-order valence-electron chi connectivity index (χ3n) is 3.75. The Hall–Kier alpha value is -1.87. The molecule has 2 aromatic carbocycles. The number of benzene rings is 2. The zero-order valence-electron chi connectivity index (χ0n) is 12.7. The second-order valence-electron chi connectivity index (χ2n) is 5.20. The van der Waals surface area contributed by atoms with E-state index in [1.165, 1.54) is 6.07 Å². The van der Waals surface area contributed by atoms with Crippen LogP contribution in [0.3, 0.4) is 0 Å². The summed E-state index contributed by atoms with van der Waals surface area (Å²) >= 11 is 0. The number of para-hydroxylation sites is 2. The maximum Gasteiger partial charge on any atom is 0.146 e. The lowest BCUT2D eigenvalue weighted by Gasteiger charge is -2.27. The lowest BCUT2D eigenvalue weighted by molar-refractivity contribution is 0.624. The van der Waals surface area contributed by atoms with Crippen LogP contribution in [0.15, 0.2) is 48.5 Å². The predicted octanol–water partition coefficient (Wildman–Crippen LogP) is 4.26. The van der Waals surface area contributed by atoms with Gasteiger partial charge in [-0.2, -0.15) is 0 Å². The molecule has 1 atom stereocenters. The van der Waals surface area contributed by atoms with Crippen LogP contribution in [0, 0.1) is 5.82 Å². The summed E-state index contributed by atoms with van der Waals surface area (Å²) in [6.07, 6.45) is 1.73. The molecule has 0 saturated carbocycles. The molecule has 0 bridgehead atoms. The Morgan fingerprint density at radius 1 is 1.00 bits per heavy atom. The van der Waals surface area contributed by atoms with E-state index in [2.05, 4.69) is 13.0 Å². The summed E-state index contributed by atoms with van der Waals surface area (Å²) in [5, 5.41) is 0. The standard InChI is InChI=1S/C18H23FN2/c1-3-15(20)13-14-9-5-7-11-17(14)21(4-2)18-12-8-6-10-16(18)19/h5-12,15H,3-4,13,20H2,1-2H3. The molecule has 0 radical (unpaired) electrons. The number of nitrogens with zero attached hydrogens (tertiary/aromatic N) is 1. The number of anilines is 2. The van der Waals surface area contributed by atoms with Crippen molar-refractivity contribution in [3.8, 4) is 0 Å². The van der Waals surface area contributed by atoms with E-state index in [1.807, 2.05) is 42.2 Å². The summed E-state index contributed by atoms with van der Waals surface area (Å²) < 4.78 is 14.1. The fourth-order valence-corrected chi connectivity index (χ4v) is 2.51. The van der Waals surface area contributed by atoms with Gasteiger partial charge in [0.2, 0.25) is 0 Å². The van der Waals surface area contributed by atoms with Gasteiger partial charge in [-0.15, -0.1) is 0 Å². The first kappa shape index (κ1) is 15.5. The minimum absolute atomic E-state index is 0.130. The topological polar surface area (TPSA) is 29.3 Å². The molecule has 2 aromatic rings. The van der Waals surface area contributed by atoms with Crippen molar-refractivity contribution in [1.29, 1.82) is 0 Å². The van der Waals surface area contributed by atoms with Gasteiger partial charge in [0.15, 0.2) is 0 Å². The van der Waals surface area contributed by atoms with Crippen LogP contribution in [0.4, 0.5) is 15.8 Å². The van der Waals surface area contributed by atoms with Gasteiger partial charge in [-0.05, 0) is 43.5 Å². The molecule has 2 N–H and O–H groups in total. The predicted molar refractivity (Wildman–Crippen MR) is 87.5 cm³/mol. The molecule has 0 fully saturated rings. The van der Waals surface area contributed by atoms with Gasteiger partial charge >= 0.3 is 0 Å². The van der Waals surface area contributed by atoms with E-state index in [4.69, 9.17) is 5.73 Å². The van der Waals surface area contributed by atoms with Gasteiger partial charge in [0.25, 0.3) is 0 Å². The Kier molecular flexibility index (Phi) is 5.34. The Morgan fingerprint density at radius 2 is 1.62 bits per heavy atom. The zero-order chi connectivity index (χ0) is 15.2. The third kappa shape index (κ3) is 3.61. The molecule has 3 heteroatoms. The van der Waals surface area contributed by atoms with Crippen LogP contribution >= 0.6 is 0 Å². The molecule has 112 valence electrons. The molecular weight excluding hydrogens is 263 g/mol. The first-order valence-electron chi connectivity index (χ1n) is 7.52. The van der Waals surface area contributed by atoms with E-state index in [1.54, 1.807) is 6.07 Å². The minimum atomic E-state index is -0.200. The summed E-state index contributed by atoms with van der Waals surface area (Å²) in [6, 6.07) is 15.1. The number of rotatable bonds is 6. The molecule has 0 aliphatic carbocycles. The molecule has 1 unspecified atom stereocenters. The molecule has 2 nitrogen and oxygen atoms in total. The number of hydrogen-bond donors (Lipinski definition) is 1. The second kappa shape index (κ2) is 7.23. The van der Waals surface area contributed by atoms with E-state index in [0.717, 1.165) is 24.1 Å². The van der Waals surface area contributed by atoms with E-state index >= 15 is 0 Å². The molecule has 0 aromatic heterocycles. The molecule has 0 aliphatic heterocycles. The summed E-state index contributed by atoms with van der Waals surface area (Å²) in [6.45, 7) is 4.82. The summed E-state index contributed by atoms with van der Waals surface area (Å²) in [4.78, 5) is 2.01. The van der Waals surface area contributed by atoms with Crippen LogP contribution in [-0.4, -0.2) is 12.6 Å². The second-order valence-corrected chi connectivity index (χ2v) is 5.20. The molecule has 0 heterocycles. The molecule has 21 heavy (non-hydrogen) atoms. The number of halogens is 1. The van der Waals surface area contributed by atoms with Crippen LogP contribution in [0.25, 0.3) is 0 Å². The van der Waals surface area contributed by atoms with Crippen molar-refractivity contribution in [3.63, 3.8) is 0 Å². The van der Waals surface area contributed by atoms with Crippen molar-refractivity contribution in [2.45, 2.75) is 32.7 Å². The first-order valence-corrected chi connectivity index (χ1v) is 7.52. The Labute approximate surface area is 126 Å². The smallest absolute Gasteiger partial charge is 0.146 e. The number of nitrogens with two attached hydrogens (primary N) is 1. The van der Waals surface area contributed by atoms with Gasteiger partial charge in [0.05, 0.1) is 5.69 Å². The van der Waals surface area contributed by atoms with Gasteiger partial charge in [-0.3, -0.25) is 0 Å². The van der Waals surface area contributed by atoms with Crippen LogP contribution in [0.1, 0.15) is 25.8 Å². The first-order chi connectivity index (χ1) is 10.2. The Balaban J connectivity index is 2.41. The molecule has 0 saturated heterocycles. The van der Waals surface area contributed by atoms with Crippen molar-refractivity contribution >= 4 is 11.4 Å². The van der Waals surface area contributed by atoms with Crippen molar-refractivity contribution in [2.75, 3.05) is 11.4 Å². The lowest BCUT2D eigenvalue weighted by Crippen LogP contribution is -2.24. The highest BCUT2D eigenvalue weighted by Crippen LogP contribution is 2.30. The summed E-state index contributed by atoms with van der Waals surface area (Å²) in [5.41, 5.74) is 8.90. The largest absolute Gasteiger partial charge is 0.339 e. The zero-order valence-corrected chi connectivity index (χ0v) is 12.7. The van der Waals surface area contributed by atoms with E-state index < -0.39 is 0 Å². The van der Waals surface area contributed by atoms with E-state index in [0.29, 0.717) is 12.2 Å². The molecular formula is C18H23FN2. The lowest BCUT2D eigenvalue weighted by atomic mass is 10.0. The molecule has 2 rings (SSSR count). The molecule has 0 amide bonds. The average molecular weight is 286 g/mol. The van der Waals surface area contributed by atoms with Gasteiger partial charge in [0, 0.05) is 18.3 Å².